The van der Waals surface area contributed by atoms with E-state index in [0.717, 1.165) is 25.3 Å². The van der Waals surface area contributed by atoms with Gasteiger partial charge in [0.25, 0.3) is 0 Å². The molecule has 0 heterocycles. The van der Waals surface area contributed by atoms with Gasteiger partial charge >= 0.3 is 0 Å². The molecule has 0 bridgehead atoms. The molecule has 0 amide bonds. The summed E-state index contributed by atoms with van der Waals surface area (Å²) in [6.45, 7) is 4.09. The quantitative estimate of drug-likeness (QED) is 0.779. The topological polar surface area (TPSA) is 26.0 Å². The number of hydrogen-bond acceptors (Lipinski definition) is 1. The fraction of sp³-hybridized carbons (Fsp3) is 0.538. The Morgan fingerprint density at radius 1 is 1.19 bits per heavy atom. The van der Waals surface area contributed by atoms with Crippen molar-refractivity contribution in [3.63, 3.8) is 0 Å². The molecule has 1 aliphatic rings. The van der Waals surface area contributed by atoms with E-state index in [1.807, 2.05) is 13.8 Å². The van der Waals surface area contributed by atoms with E-state index in [9.17, 15) is 8.78 Å². The highest BCUT2D eigenvalue weighted by Gasteiger charge is 2.48. The predicted molar refractivity (Wildman–Crippen MR) is 59.9 cm³/mol. The molecule has 1 saturated carbocycles. The van der Waals surface area contributed by atoms with E-state index in [4.69, 9.17) is 5.73 Å². The Balaban J connectivity index is 2.51. The normalized spacial score (nSPS) is 28.3. The molecule has 1 nitrogen and oxygen atoms in total. The molecule has 0 spiro atoms. The van der Waals surface area contributed by atoms with Gasteiger partial charge in [-0.05, 0) is 24.3 Å². The van der Waals surface area contributed by atoms with Gasteiger partial charge in [0.2, 0.25) is 0 Å². The van der Waals surface area contributed by atoms with Gasteiger partial charge in [-0.25, -0.2) is 8.78 Å². The summed E-state index contributed by atoms with van der Waals surface area (Å²) in [6.07, 6.45) is 2.71. The van der Waals surface area contributed by atoms with E-state index in [2.05, 4.69) is 0 Å². The van der Waals surface area contributed by atoms with Gasteiger partial charge in [-0.2, -0.15) is 0 Å². The summed E-state index contributed by atoms with van der Waals surface area (Å²) in [5.41, 5.74) is 5.96. The van der Waals surface area contributed by atoms with Gasteiger partial charge in [0.05, 0.1) is 0 Å². The maximum atomic E-state index is 13.8. The first-order valence-corrected chi connectivity index (χ1v) is 5.61. The molecule has 2 N–H and O–H groups in total. The van der Waals surface area contributed by atoms with Crippen LogP contribution < -0.4 is 5.73 Å². The molecule has 1 unspecified atom stereocenters. The first-order valence-electron chi connectivity index (χ1n) is 5.61. The van der Waals surface area contributed by atoms with Gasteiger partial charge in [0, 0.05) is 17.2 Å². The number of halogens is 2. The molecule has 0 aromatic heterocycles. The lowest BCUT2D eigenvalue weighted by atomic mass is 9.71. The Kier molecular flexibility index (Phi) is 2.54. The molecular weight excluding hydrogens is 208 g/mol. The number of rotatable bonds is 1. The molecule has 1 atom stereocenters. The van der Waals surface area contributed by atoms with Crippen LogP contribution >= 0.6 is 0 Å². The monoisotopic (exact) mass is 225 g/mol. The smallest absolute Gasteiger partial charge is 0.131 e. The average Bonchev–Trinajstić information content (AvgIpc) is 2.41. The van der Waals surface area contributed by atoms with Crippen molar-refractivity contribution in [1.82, 2.24) is 0 Å². The Bertz CT molecular complexity index is 414. The number of hydrogen-bond donors (Lipinski definition) is 1. The lowest BCUT2D eigenvalue weighted by Gasteiger charge is -2.38. The lowest BCUT2D eigenvalue weighted by molar-refractivity contribution is 0.204. The van der Waals surface area contributed by atoms with E-state index < -0.39 is 17.2 Å². The van der Waals surface area contributed by atoms with E-state index in [0.29, 0.717) is 5.56 Å². The Hall–Kier alpha value is -0.960. The molecule has 3 heteroatoms. The van der Waals surface area contributed by atoms with Crippen LogP contribution in [0.5, 0.6) is 0 Å². The number of benzene rings is 1. The summed E-state index contributed by atoms with van der Waals surface area (Å²) < 4.78 is 26.6. The van der Waals surface area contributed by atoms with E-state index in [-0.39, 0.29) is 5.41 Å². The second kappa shape index (κ2) is 3.52. The van der Waals surface area contributed by atoms with Crippen LogP contribution in [0.25, 0.3) is 0 Å². The second-order valence-electron chi connectivity index (χ2n) is 5.33. The lowest BCUT2D eigenvalue weighted by Crippen LogP contribution is -2.46. The minimum absolute atomic E-state index is 0.147. The summed E-state index contributed by atoms with van der Waals surface area (Å²) in [7, 11) is 0. The van der Waals surface area contributed by atoms with E-state index in [1.54, 1.807) is 0 Å². The van der Waals surface area contributed by atoms with Gasteiger partial charge in [0.1, 0.15) is 11.6 Å². The van der Waals surface area contributed by atoms with Crippen molar-refractivity contribution < 1.29 is 8.78 Å². The van der Waals surface area contributed by atoms with Crippen LogP contribution in [-0.4, -0.2) is 0 Å². The number of nitrogens with two attached hydrogens (primary N) is 1. The first kappa shape index (κ1) is 11.5. The highest BCUT2D eigenvalue weighted by molar-refractivity contribution is 5.30. The van der Waals surface area contributed by atoms with Crippen molar-refractivity contribution in [1.29, 1.82) is 0 Å². The molecule has 0 radical (unpaired) electrons. The predicted octanol–water partition coefficient (Wildman–Crippen LogP) is 3.33. The van der Waals surface area contributed by atoms with E-state index in [1.165, 1.54) is 12.1 Å². The zero-order valence-corrected chi connectivity index (χ0v) is 9.69. The van der Waals surface area contributed by atoms with Crippen LogP contribution in [0, 0.1) is 17.0 Å². The fourth-order valence-corrected chi connectivity index (χ4v) is 2.72. The first-order chi connectivity index (χ1) is 7.37. The molecule has 1 aromatic carbocycles. The van der Waals surface area contributed by atoms with Crippen LogP contribution in [0.3, 0.4) is 0 Å². The van der Waals surface area contributed by atoms with Crippen LogP contribution in [0.4, 0.5) is 8.78 Å². The Morgan fingerprint density at radius 3 is 2.38 bits per heavy atom. The minimum Gasteiger partial charge on any atom is -0.321 e. The molecule has 16 heavy (non-hydrogen) atoms. The van der Waals surface area contributed by atoms with Crippen molar-refractivity contribution in [2.75, 3.05) is 0 Å². The fourth-order valence-electron chi connectivity index (χ4n) is 2.72. The van der Waals surface area contributed by atoms with Gasteiger partial charge < -0.3 is 5.73 Å². The summed E-state index contributed by atoms with van der Waals surface area (Å²) in [6, 6.07) is 3.68. The molecule has 88 valence electrons. The van der Waals surface area contributed by atoms with Gasteiger partial charge in [-0.15, -0.1) is 0 Å². The maximum Gasteiger partial charge on any atom is 0.131 e. The molecule has 1 fully saturated rings. The zero-order valence-electron chi connectivity index (χ0n) is 9.69. The third-order valence-corrected chi connectivity index (χ3v) is 3.99. The van der Waals surface area contributed by atoms with Gasteiger partial charge in [0.15, 0.2) is 0 Å². The van der Waals surface area contributed by atoms with Crippen molar-refractivity contribution in [3.05, 3.63) is 35.4 Å². The summed E-state index contributed by atoms with van der Waals surface area (Å²) in [5, 5.41) is 0. The Labute approximate surface area is 94.7 Å². The Morgan fingerprint density at radius 2 is 1.88 bits per heavy atom. The molecule has 0 saturated heterocycles. The van der Waals surface area contributed by atoms with Crippen molar-refractivity contribution in [2.24, 2.45) is 11.1 Å². The molecule has 1 aliphatic carbocycles. The standard InChI is InChI=1S/C13H17F2N/c1-12(2)6-3-7-13(12,16)10-5-4-9(14)8-11(10)15/h4-5,8H,3,6-7,16H2,1-2H3. The zero-order chi connectivity index (χ0) is 12.0. The van der Waals surface area contributed by atoms with Crippen molar-refractivity contribution in [2.45, 2.75) is 38.6 Å². The minimum atomic E-state index is -0.676. The van der Waals surface area contributed by atoms with E-state index >= 15 is 0 Å². The summed E-state index contributed by atoms with van der Waals surface area (Å²) in [5.74, 6) is -1.09. The largest absolute Gasteiger partial charge is 0.321 e. The molecule has 2 rings (SSSR count). The van der Waals surface area contributed by atoms with Crippen molar-refractivity contribution in [3.8, 4) is 0 Å². The van der Waals surface area contributed by atoms with Crippen LogP contribution in [-0.2, 0) is 5.54 Å². The van der Waals surface area contributed by atoms with Gasteiger partial charge in [-0.3, -0.25) is 0 Å². The van der Waals surface area contributed by atoms with Crippen molar-refractivity contribution >= 4 is 0 Å². The molecular formula is C13H17F2N. The van der Waals surface area contributed by atoms with Crippen LogP contribution in [0.1, 0.15) is 38.7 Å². The SMILES string of the molecule is CC1(C)CCCC1(N)c1ccc(F)cc1F. The second-order valence-corrected chi connectivity index (χ2v) is 5.33. The maximum absolute atomic E-state index is 13.8. The van der Waals surface area contributed by atoms with Gasteiger partial charge in [-0.1, -0.05) is 26.3 Å². The van der Waals surface area contributed by atoms with Crippen LogP contribution in [0.2, 0.25) is 0 Å². The molecule has 0 aliphatic heterocycles. The molecule has 1 aromatic rings. The average molecular weight is 225 g/mol. The highest BCUT2D eigenvalue weighted by Crippen LogP contribution is 2.50. The third-order valence-electron chi connectivity index (χ3n) is 3.99. The summed E-state index contributed by atoms with van der Waals surface area (Å²) in [4.78, 5) is 0. The highest BCUT2D eigenvalue weighted by atomic mass is 19.1. The van der Waals surface area contributed by atoms with Crippen LogP contribution in [0.15, 0.2) is 18.2 Å². The summed E-state index contributed by atoms with van der Waals surface area (Å²) >= 11 is 0. The third kappa shape index (κ3) is 1.54.